The molecular formula is C30H24O2. The van der Waals surface area contributed by atoms with Crippen LogP contribution in [0.1, 0.15) is 33.4 Å². The molecule has 32 heavy (non-hydrogen) atoms. The van der Waals surface area contributed by atoms with Crippen LogP contribution in [0.15, 0.2) is 84.9 Å². The number of phenolic OH excluding ortho intramolecular Hbond substituents is 2. The van der Waals surface area contributed by atoms with Gasteiger partial charge in [0.15, 0.2) is 0 Å². The van der Waals surface area contributed by atoms with E-state index in [1.165, 1.54) is 32.7 Å². The first-order valence-corrected chi connectivity index (χ1v) is 11.0. The summed E-state index contributed by atoms with van der Waals surface area (Å²) in [6, 6.07) is 29.5. The van der Waals surface area contributed by atoms with Crippen LogP contribution >= 0.6 is 0 Å². The second kappa shape index (κ2) is 6.61. The zero-order chi connectivity index (χ0) is 22.0. The highest BCUT2D eigenvalue weighted by atomic mass is 16.3. The van der Waals surface area contributed by atoms with E-state index in [0.29, 0.717) is 11.5 Å². The Hall–Kier alpha value is -3.78. The summed E-state index contributed by atoms with van der Waals surface area (Å²) in [4.78, 5) is 0. The van der Waals surface area contributed by atoms with Crippen LogP contribution in [-0.4, -0.2) is 10.2 Å². The molecule has 6 rings (SSSR count). The molecule has 0 atom stereocenters. The largest absolute Gasteiger partial charge is 0.508 e. The van der Waals surface area contributed by atoms with Gasteiger partial charge < -0.3 is 10.2 Å². The minimum atomic E-state index is -0.431. The van der Waals surface area contributed by atoms with E-state index in [0.717, 1.165) is 28.7 Å². The molecule has 2 nitrogen and oxygen atoms in total. The molecule has 0 amide bonds. The Balaban J connectivity index is 1.81. The zero-order valence-electron chi connectivity index (χ0n) is 18.2. The molecule has 0 unspecified atom stereocenters. The van der Waals surface area contributed by atoms with Crippen molar-refractivity contribution in [2.24, 2.45) is 0 Å². The van der Waals surface area contributed by atoms with Crippen molar-refractivity contribution >= 4 is 21.5 Å². The summed E-state index contributed by atoms with van der Waals surface area (Å²) in [7, 11) is 0. The van der Waals surface area contributed by atoms with E-state index in [1.54, 1.807) is 12.1 Å². The second-order valence-electron chi connectivity index (χ2n) is 9.07. The van der Waals surface area contributed by atoms with Gasteiger partial charge >= 0.3 is 0 Å². The lowest BCUT2D eigenvalue weighted by Gasteiger charge is -2.41. The highest BCUT2D eigenvalue weighted by molar-refractivity contribution is 6.12. The van der Waals surface area contributed by atoms with Gasteiger partial charge in [-0.25, -0.2) is 0 Å². The average Bonchev–Trinajstić information content (AvgIpc) is 2.81. The third kappa shape index (κ3) is 2.47. The van der Waals surface area contributed by atoms with Crippen molar-refractivity contribution in [3.05, 3.63) is 118 Å². The van der Waals surface area contributed by atoms with E-state index in [4.69, 9.17) is 0 Å². The fourth-order valence-corrected chi connectivity index (χ4v) is 5.64. The van der Waals surface area contributed by atoms with Gasteiger partial charge in [-0.05, 0) is 87.3 Å². The summed E-state index contributed by atoms with van der Waals surface area (Å²) < 4.78 is 0. The number of hydrogen-bond acceptors (Lipinski definition) is 2. The summed E-state index contributed by atoms with van der Waals surface area (Å²) in [6.45, 7) is 3.90. The first-order chi connectivity index (χ1) is 15.5. The molecule has 0 aliphatic heterocycles. The smallest absolute Gasteiger partial charge is 0.118 e. The fourth-order valence-electron chi connectivity index (χ4n) is 5.64. The summed E-state index contributed by atoms with van der Waals surface area (Å²) in [5.41, 5.74) is 6.19. The van der Waals surface area contributed by atoms with E-state index in [-0.39, 0.29) is 0 Å². The van der Waals surface area contributed by atoms with Crippen molar-refractivity contribution in [1.29, 1.82) is 0 Å². The van der Waals surface area contributed by atoms with Gasteiger partial charge in [-0.15, -0.1) is 0 Å². The van der Waals surface area contributed by atoms with Crippen LogP contribution in [0.4, 0.5) is 0 Å². The van der Waals surface area contributed by atoms with Gasteiger partial charge in [-0.3, -0.25) is 0 Å². The van der Waals surface area contributed by atoms with Crippen molar-refractivity contribution in [3.63, 3.8) is 0 Å². The third-order valence-electron chi connectivity index (χ3n) is 7.27. The Morgan fingerprint density at radius 2 is 1.19 bits per heavy atom. The lowest BCUT2D eigenvalue weighted by Crippen LogP contribution is -2.34. The maximum absolute atomic E-state index is 10.3. The van der Waals surface area contributed by atoms with Gasteiger partial charge in [0, 0.05) is 5.41 Å². The van der Waals surface area contributed by atoms with Gasteiger partial charge in [0.2, 0.25) is 0 Å². The lowest BCUT2D eigenvalue weighted by atomic mass is 9.61. The molecule has 156 valence electrons. The van der Waals surface area contributed by atoms with Crippen LogP contribution in [0, 0.1) is 13.8 Å². The van der Waals surface area contributed by atoms with Crippen LogP contribution in [0.5, 0.6) is 11.5 Å². The summed E-state index contributed by atoms with van der Waals surface area (Å²) in [5, 5.41) is 25.7. The maximum atomic E-state index is 10.3. The molecule has 0 fully saturated rings. The van der Waals surface area contributed by atoms with Crippen molar-refractivity contribution in [2.45, 2.75) is 25.7 Å². The molecule has 5 aromatic carbocycles. The second-order valence-corrected chi connectivity index (χ2v) is 9.07. The minimum Gasteiger partial charge on any atom is -0.508 e. The average molecular weight is 417 g/mol. The van der Waals surface area contributed by atoms with Gasteiger partial charge in [-0.1, -0.05) is 72.8 Å². The van der Waals surface area contributed by atoms with Gasteiger partial charge in [-0.2, -0.15) is 0 Å². The standard InChI is InChI=1S/C30H24O2/c1-18-15-23(11-13-26(18)31)30(24-12-14-27(32)19(2)16-24)17-22-7-3-5-20-9-10-21-6-4-8-25(30)29(21)28(20)22/h3-16,31-32H,17H2,1-2H3. The van der Waals surface area contributed by atoms with E-state index in [2.05, 4.69) is 72.8 Å². The fraction of sp³-hybridized carbons (Fsp3) is 0.133. The summed E-state index contributed by atoms with van der Waals surface area (Å²) in [5.74, 6) is 0.615. The van der Waals surface area contributed by atoms with Crippen molar-refractivity contribution in [3.8, 4) is 11.5 Å². The molecule has 2 heteroatoms. The molecular weight excluding hydrogens is 392 g/mol. The van der Waals surface area contributed by atoms with Gasteiger partial charge in [0.05, 0.1) is 0 Å². The lowest BCUT2D eigenvalue weighted by molar-refractivity contribution is 0.469. The number of aryl methyl sites for hydroxylation is 2. The summed E-state index contributed by atoms with van der Waals surface area (Å²) in [6.07, 6.45) is 0.814. The molecule has 2 N–H and O–H groups in total. The Bertz CT molecular complexity index is 1490. The van der Waals surface area contributed by atoms with Crippen LogP contribution < -0.4 is 0 Å². The molecule has 0 radical (unpaired) electrons. The number of benzene rings is 5. The molecule has 0 bridgehead atoms. The summed E-state index contributed by atoms with van der Waals surface area (Å²) >= 11 is 0. The predicted molar refractivity (Wildman–Crippen MR) is 131 cm³/mol. The Morgan fingerprint density at radius 3 is 1.78 bits per heavy atom. The highest BCUT2D eigenvalue weighted by Gasteiger charge is 2.41. The van der Waals surface area contributed by atoms with Gasteiger partial charge in [0.25, 0.3) is 0 Å². The van der Waals surface area contributed by atoms with Crippen LogP contribution in [-0.2, 0) is 11.8 Å². The van der Waals surface area contributed by atoms with Crippen molar-refractivity contribution in [2.75, 3.05) is 0 Å². The number of rotatable bonds is 2. The molecule has 0 saturated heterocycles. The Labute approximate surface area is 187 Å². The first kappa shape index (κ1) is 18.9. The quantitative estimate of drug-likeness (QED) is 0.307. The van der Waals surface area contributed by atoms with Crippen LogP contribution in [0.25, 0.3) is 21.5 Å². The Morgan fingerprint density at radius 1 is 0.625 bits per heavy atom. The topological polar surface area (TPSA) is 40.5 Å². The predicted octanol–water partition coefficient (Wildman–Crippen LogP) is 6.91. The van der Waals surface area contributed by atoms with Crippen molar-refractivity contribution < 1.29 is 10.2 Å². The number of aromatic hydroxyl groups is 2. The number of phenols is 2. The minimum absolute atomic E-state index is 0.308. The van der Waals surface area contributed by atoms with Crippen molar-refractivity contribution in [1.82, 2.24) is 0 Å². The molecule has 1 aliphatic rings. The molecule has 0 heterocycles. The molecule has 0 aromatic heterocycles. The zero-order valence-corrected chi connectivity index (χ0v) is 18.2. The molecule has 5 aromatic rings. The molecule has 0 saturated carbocycles. The van der Waals surface area contributed by atoms with Gasteiger partial charge in [0.1, 0.15) is 11.5 Å². The highest BCUT2D eigenvalue weighted by Crippen LogP contribution is 2.51. The normalized spacial score (nSPS) is 14.3. The maximum Gasteiger partial charge on any atom is 0.118 e. The Kier molecular flexibility index (Phi) is 3.91. The number of hydrogen-bond donors (Lipinski definition) is 2. The molecule has 1 aliphatic carbocycles. The van der Waals surface area contributed by atoms with Crippen LogP contribution in [0.3, 0.4) is 0 Å². The van der Waals surface area contributed by atoms with Crippen LogP contribution in [0.2, 0.25) is 0 Å². The van der Waals surface area contributed by atoms with E-state index >= 15 is 0 Å². The van der Waals surface area contributed by atoms with E-state index in [9.17, 15) is 10.2 Å². The molecule has 0 spiro atoms. The van der Waals surface area contributed by atoms with E-state index < -0.39 is 5.41 Å². The monoisotopic (exact) mass is 416 g/mol. The first-order valence-electron chi connectivity index (χ1n) is 11.0. The SMILES string of the molecule is Cc1cc(C2(c3ccc(O)c(C)c3)Cc3cccc4ccc5cccc2c5c34)ccc1O. The van der Waals surface area contributed by atoms with E-state index in [1.807, 2.05) is 13.8 Å². The third-order valence-corrected chi connectivity index (χ3v) is 7.27.